The molecule has 170 valence electrons. The summed E-state index contributed by atoms with van der Waals surface area (Å²) in [4.78, 5) is 31.2. The second-order valence-electron chi connectivity index (χ2n) is 7.13. The fraction of sp³-hybridized carbons (Fsp3) is 0.208. The molecule has 9 heteroatoms. The quantitative estimate of drug-likeness (QED) is 0.518. The number of aromatic nitrogens is 1. The lowest BCUT2D eigenvalue weighted by atomic mass is 9.96. The van der Waals surface area contributed by atoms with Crippen molar-refractivity contribution >= 4 is 23.4 Å². The maximum Gasteiger partial charge on any atom is 0.387 e. The fourth-order valence-electron chi connectivity index (χ4n) is 3.69. The first kappa shape index (κ1) is 22.6. The van der Waals surface area contributed by atoms with Crippen LogP contribution in [0.25, 0.3) is 6.08 Å². The largest absolute Gasteiger partial charge is 0.463 e. The monoisotopic (exact) mass is 470 g/mol. The fourth-order valence-corrected chi connectivity index (χ4v) is 4.72. The van der Waals surface area contributed by atoms with Gasteiger partial charge in [0.05, 0.1) is 28.5 Å². The van der Waals surface area contributed by atoms with Crippen LogP contribution in [-0.2, 0) is 9.53 Å². The topological polar surface area (TPSA) is 69.9 Å². The van der Waals surface area contributed by atoms with Gasteiger partial charge in [0.1, 0.15) is 5.75 Å². The van der Waals surface area contributed by atoms with E-state index in [0.717, 1.165) is 16.9 Å². The molecule has 2 aromatic carbocycles. The minimum absolute atomic E-state index is 0.0404. The molecule has 0 saturated carbocycles. The highest BCUT2D eigenvalue weighted by molar-refractivity contribution is 7.07. The molecule has 1 unspecified atom stereocenters. The molecule has 0 spiro atoms. The summed E-state index contributed by atoms with van der Waals surface area (Å²) >= 11 is 1.11. The number of thiazole rings is 1. The van der Waals surface area contributed by atoms with Gasteiger partial charge < -0.3 is 9.47 Å². The lowest BCUT2D eigenvalue weighted by Gasteiger charge is -2.24. The molecule has 1 aliphatic rings. The van der Waals surface area contributed by atoms with Crippen LogP contribution in [0.3, 0.4) is 0 Å². The number of rotatable bonds is 6. The number of esters is 1. The predicted octanol–water partition coefficient (Wildman–Crippen LogP) is 3.40. The van der Waals surface area contributed by atoms with E-state index in [9.17, 15) is 18.4 Å². The Morgan fingerprint density at radius 2 is 1.88 bits per heavy atom. The second-order valence-corrected chi connectivity index (χ2v) is 8.14. The highest BCUT2D eigenvalue weighted by atomic mass is 32.1. The Kier molecular flexibility index (Phi) is 6.50. The standard InChI is InChI=1S/C24H20F2N2O4S/c1-3-31-22(30)19-14(2)27-24-28(20(19)15-9-5-4-6-10-15)21(29)18(33-24)13-16-11-7-8-12-17(16)32-23(25)26/h4-13,20,23H,3H2,1-2H3/b18-13-. The van der Waals surface area contributed by atoms with Gasteiger partial charge in [0.2, 0.25) is 0 Å². The molecule has 1 aliphatic heterocycles. The number of carbonyl (C=O) groups is 1. The minimum Gasteiger partial charge on any atom is -0.463 e. The highest BCUT2D eigenvalue weighted by Crippen LogP contribution is 2.30. The Balaban J connectivity index is 1.93. The van der Waals surface area contributed by atoms with Gasteiger partial charge in [0.15, 0.2) is 4.80 Å². The van der Waals surface area contributed by atoms with Crippen LogP contribution in [0.15, 0.2) is 75.7 Å². The van der Waals surface area contributed by atoms with Gasteiger partial charge in [-0.1, -0.05) is 59.9 Å². The van der Waals surface area contributed by atoms with Crippen molar-refractivity contribution in [2.45, 2.75) is 26.5 Å². The Bertz CT molecular complexity index is 1390. The SMILES string of the molecule is CCOC(=O)C1=C(C)N=c2s/c(=C\c3ccccc3OC(F)F)c(=O)n2C1c1ccccc1. The van der Waals surface area contributed by atoms with Crippen molar-refractivity contribution in [3.8, 4) is 5.75 Å². The lowest BCUT2D eigenvalue weighted by molar-refractivity contribution is -0.139. The Hall–Kier alpha value is -3.59. The Morgan fingerprint density at radius 1 is 1.18 bits per heavy atom. The number of hydrogen-bond acceptors (Lipinski definition) is 6. The van der Waals surface area contributed by atoms with E-state index in [1.165, 1.54) is 16.7 Å². The van der Waals surface area contributed by atoms with Crippen LogP contribution in [-0.4, -0.2) is 23.8 Å². The van der Waals surface area contributed by atoms with E-state index >= 15 is 0 Å². The molecule has 0 amide bonds. The summed E-state index contributed by atoms with van der Waals surface area (Å²) in [6.45, 7) is 0.598. The zero-order valence-electron chi connectivity index (χ0n) is 17.8. The van der Waals surface area contributed by atoms with Crippen molar-refractivity contribution in [2.75, 3.05) is 6.61 Å². The van der Waals surface area contributed by atoms with E-state index in [2.05, 4.69) is 9.73 Å². The number of nitrogens with zero attached hydrogens (tertiary/aromatic N) is 2. The molecule has 33 heavy (non-hydrogen) atoms. The van der Waals surface area contributed by atoms with Gasteiger partial charge in [0.25, 0.3) is 5.56 Å². The van der Waals surface area contributed by atoms with Gasteiger partial charge in [-0.15, -0.1) is 0 Å². The zero-order valence-corrected chi connectivity index (χ0v) is 18.6. The molecule has 0 fully saturated rings. The average Bonchev–Trinajstić information content (AvgIpc) is 3.09. The highest BCUT2D eigenvalue weighted by Gasteiger charge is 2.33. The zero-order chi connectivity index (χ0) is 23.5. The predicted molar refractivity (Wildman–Crippen MR) is 120 cm³/mol. The smallest absolute Gasteiger partial charge is 0.387 e. The van der Waals surface area contributed by atoms with Crippen molar-refractivity contribution in [2.24, 2.45) is 4.99 Å². The number of hydrogen-bond donors (Lipinski definition) is 0. The summed E-state index contributed by atoms with van der Waals surface area (Å²) < 4.78 is 37.2. The molecule has 3 aromatic rings. The molecule has 1 aromatic heterocycles. The van der Waals surface area contributed by atoms with Crippen molar-refractivity contribution in [1.82, 2.24) is 4.57 Å². The third kappa shape index (κ3) is 4.49. The molecule has 2 heterocycles. The van der Waals surface area contributed by atoms with Crippen LogP contribution in [0.4, 0.5) is 8.78 Å². The molecular weight excluding hydrogens is 450 g/mol. The van der Waals surface area contributed by atoms with Gasteiger partial charge in [-0.3, -0.25) is 9.36 Å². The van der Waals surface area contributed by atoms with Crippen molar-refractivity contribution < 1.29 is 23.0 Å². The summed E-state index contributed by atoms with van der Waals surface area (Å²) in [5.74, 6) is -0.584. The molecule has 4 rings (SSSR count). The maximum atomic E-state index is 13.5. The maximum absolute atomic E-state index is 13.5. The lowest BCUT2D eigenvalue weighted by Crippen LogP contribution is -2.39. The van der Waals surface area contributed by atoms with Crippen molar-refractivity contribution in [3.63, 3.8) is 0 Å². The molecular formula is C24H20F2N2O4S. The number of fused-ring (bicyclic) bond motifs is 1. The van der Waals surface area contributed by atoms with E-state index in [-0.39, 0.29) is 22.5 Å². The summed E-state index contributed by atoms with van der Waals surface area (Å²) in [5.41, 5.74) is 1.40. The normalized spacial score (nSPS) is 15.9. The van der Waals surface area contributed by atoms with E-state index in [1.54, 1.807) is 32.0 Å². The first-order valence-corrected chi connectivity index (χ1v) is 11.0. The van der Waals surface area contributed by atoms with Gasteiger partial charge in [-0.25, -0.2) is 9.79 Å². The number of halogens is 2. The molecule has 6 nitrogen and oxygen atoms in total. The number of benzene rings is 2. The van der Waals surface area contributed by atoms with Gasteiger partial charge >= 0.3 is 12.6 Å². The molecule has 0 aliphatic carbocycles. The molecule has 0 N–H and O–H groups in total. The molecule has 0 radical (unpaired) electrons. The minimum atomic E-state index is -2.99. The molecule has 0 saturated heterocycles. The van der Waals surface area contributed by atoms with Crippen LogP contribution in [0.5, 0.6) is 5.75 Å². The second kappa shape index (κ2) is 9.50. The van der Waals surface area contributed by atoms with Crippen LogP contribution in [0, 0.1) is 0 Å². The molecule has 0 bridgehead atoms. The van der Waals surface area contributed by atoms with Gasteiger partial charge in [0, 0.05) is 5.56 Å². The van der Waals surface area contributed by atoms with Crippen molar-refractivity contribution in [1.29, 1.82) is 0 Å². The van der Waals surface area contributed by atoms with Crippen LogP contribution < -0.4 is 19.6 Å². The summed E-state index contributed by atoms with van der Waals surface area (Å²) in [5, 5.41) is 0. The first-order valence-electron chi connectivity index (χ1n) is 10.2. The van der Waals surface area contributed by atoms with E-state index in [0.29, 0.717) is 16.1 Å². The Morgan fingerprint density at radius 3 is 2.58 bits per heavy atom. The third-order valence-corrected chi connectivity index (χ3v) is 6.04. The Labute approximate surface area is 191 Å². The summed E-state index contributed by atoms with van der Waals surface area (Å²) in [7, 11) is 0. The first-order chi connectivity index (χ1) is 15.9. The number of para-hydroxylation sites is 1. The van der Waals surface area contributed by atoms with E-state index in [4.69, 9.17) is 4.74 Å². The van der Waals surface area contributed by atoms with Gasteiger partial charge in [-0.2, -0.15) is 8.78 Å². The summed E-state index contributed by atoms with van der Waals surface area (Å²) in [6, 6.07) is 14.6. The van der Waals surface area contributed by atoms with Crippen LogP contribution in [0.2, 0.25) is 0 Å². The van der Waals surface area contributed by atoms with Crippen molar-refractivity contribution in [3.05, 3.63) is 96.7 Å². The summed E-state index contributed by atoms with van der Waals surface area (Å²) in [6.07, 6.45) is 1.49. The average molecular weight is 470 g/mol. The number of ether oxygens (including phenoxy) is 2. The van der Waals surface area contributed by atoms with Crippen LogP contribution >= 0.6 is 11.3 Å². The van der Waals surface area contributed by atoms with Gasteiger partial charge in [-0.05, 0) is 31.6 Å². The van der Waals surface area contributed by atoms with Crippen LogP contribution in [0.1, 0.15) is 31.0 Å². The number of alkyl halides is 2. The third-order valence-electron chi connectivity index (χ3n) is 5.05. The number of allylic oxidation sites excluding steroid dienone is 1. The molecule has 1 atom stereocenters. The number of carbonyl (C=O) groups excluding carboxylic acids is 1. The van der Waals surface area contributed by atoms with E-state index < -0.39 is 24.2 Å². The van der Waals surface area contributed by atoms with E-state index in [1.807, 2.05) is 30.3 Å².